The molecule has 2 aromatic carbocycles. The molecule has 0 bridgehead atoms. The summed E-state index contributed by atoms with van der Waals surface area (Å²) in [5.74, 6) is -0.998. The maximum atomic E-state index is 12.3. The van der Waals surface area contributed by atoms with E-state index in [-0.39, 0.29) is 6.04 Å². The molecule has 2 aromatic rings. The minimum atomic E-state index is -0.674. The van der Waals surface area contributed by atoms with Gasteiger partial charge in [0.25, 0.3) is 5.91 Å². The first kappa shape index (κ1) is 21.2. The largest absolute Gasteiger partial charge is 0.497 e. The minimum absolute atomic E-state index is 0.0526. The van der Waals surface area contributed by atoms with Gasteiger partial charge in [0.05, 0.1) is 13.0 Å². The molecular formula is C21H26N2O5. The van der Waals surface area contributed by atoms with Gasteiger partial charge in [0, 0.05) is 6.04 Å². The van der Waals surface area contributed by atoms with E-state index in [0.29, 0.717) is 0 Å². The van der Waals surface area contributed by atoms with Gasteiger partial charge >= 0.3 is 12.0 Å². The number of urea groups is 1. The van der Waals surface area contributed by atoms with E-state index in [1.807, 2.05) is 50.2 Å². The van der Waals surface area contributed by atoms with Crippen LogP contribution in [0.25, 0.3) is 10.8 Å². The molecule has 2 atom stereocenters. The maximum absolute atomic E-state index is 12.3. The molecule has 0 saturated carbocycles. The molecular weight excluding hydrogens is 360 g/mol. The number of benzene rings is 2. The predicted molar refractivity (Wildman–Crippen MR) is 106 cm³/mol. The molecule has 0 aromatic heterocycles. The van der Waals surface area contributed by atoms with Gasteiger partial charge in [-0.3, -0.25) is 14.9 Å². The lowest BCUT2D eigenvalue weighted by molar-refractivity contribution is -0.149. The smallest absolute Gasteiger partial charge is 0.321 e. The molecule has 0 saturated heterocycles. The molecule has 0 heterocycles. The Morgan fingerprint density at radius 1 is 1.04 bits per heavy atom. The summed E-state index contributed by atoms with van der Waals surface area (Å²) in [4.78, 5) is 35.6. The molecule has 0 unspecified atom stereocenters. The average Bonchev–Trinajstić information content (AvgIpc) is 2.70. The van der Waals surface area contributed by atoms with Crippen molar-refractivity contribution in [2.45, 2.75) is 39.2 Å². The van der Waals surface area contributed by atoms with Crippen LogP contribution in [0.2, 0.25) is 0 Å². The van der Waals surface area contributed by atoms with Crippen LogP contribution in [0.4, 0.5) is 4.79 Å². The summed E-state index contributed by atoms with van der Waals surface area (Å²) in [6.07, 6.45) is 0.743. The third kappa shape index (κ3) is 5.70. The molecule has 0 aliphatic rings. The van der Waals surface area contributed by atoms with Crippen molar-refractivity contribution in [3.8, 4) is 5.75 Å². The Kier molecular flexibility index (Phi) is 7.37. The highest BCUT2D eigenvalue weighted by molar-refractivity contribution is 5.96. The highest BCUT2D eigenvalue weighted by Gasteiger charge is 2.19. The topological polar surface area (TPSA) is 93.7 Å². The van der Waals surface area contributed by atoms with Crippen LogP contribution in [0.15, 0.2) is 36.4 Å². The van der Waals surface area contributed by atoms with E-state index in [0.717, 1.165) is 28.5 Å². The zero-order chi connectivity index (χ0) is 20.7. The second-order valence-corrected chi connectivity index (χ2v) is 6.63. The monoisotopic (exact) mass is 386 g/mol. The number of imide groups is 1. The van der Waals surface area contributed by atoms with Gasteiger partial charge in [-0.2, -0.15) is 0 Å². The number of carbonyl (C=O) groups is 3. The Balaban J connectivity index is 1.92. The summed E-state index contributed by atoms with van der Waals surface area (Å²) in [6, 6.07) is 10.7. The molecule has 150 valence electrons. The minimum Gasteiger partial charge on any atom is -0.497 e. The van der Waals surface area contributed by atoms with Crippen molar-refractivity contribution in [2.24, 2.45) is 0 Å². The van der Waals surface area contributed by atoms with Gasteiger partial charge in [-0.05, 0) is 48.7 Å². The summed E-state index contributed by atoms with van der Waals surface area (Å²) < 4.78 is 10.3. The van der Waals surface area contributed by atoms with Crippen molar-refractivity contribution in [3.63, 3.8) is 0 Å². The summed E-state index contributed by atoms with van der Waals surface area (Å²) in [7, 11) is 1.61. The predicted octanol–water partition coefficient (Wildman–Crippen LogP) is 3.12. The van der Waals surface area contributed by atoms with Crippen LogP contribution in [0, 0.1) is 0 Å². The third-order valence-corrected chi connectivity index (χ3v) is 4.51. The SMILES string of the molecule is CC[C@H](C)NC(=O)NC(=O)COC(=O)[C@@H](C)c1ccc2cc(OC)ccc2c1. The molecule has 0 fully saturated rings. The number of esters is 1. The van der Waals surface area contributed by atoms with E-state index >= 15 is 0 Å². The third-order valence-electron chi connectivity index (χ3n) is 4.51. The van der Waals surface area contributed by atoms with E-state index in [1.54, 1.807) is 14.0 Å². The van der Waals surface area contributed by atoms with Gasteiger partial charge in [-0.25, -0.2) is 4.79 Å². The van der Waals surface area contributed by atoms with Gasteiger partial charge in [-0.1, -0.05) is 31.2 Å². The number of methoxy groups -OCH3 is 1. The molecule has 0 aliphatic heterocycles. The molecule has 7 nitrogen and oxygen atoms in total. The van der Waals surface area contributed by atoms with Crippen LogP contribution in [0.1, 0.15) is 38.7 Å². The van der Waals surface area contributed by atoms with Crippen molar-refractivity contribution in [1.82, 2.24) is 10.6 Å². The van der Waals surface area contributed by atoms with E-state index in [1.165, 1.54) is 0 Å². The zero-order valence-corrected chi connectivity index (χ0v) is 16.6. The normalized spacial score (nSPS) is 12.7. The van der Waals surface area contributed by atoms with E-state index in [9.17, 15) is 14.4 Å². The molecule has 0 radical (unpaired) electrons. The van der Waals surface area contributed by atoms with E-state index in [4.69, 9.17) is 9.47 Å². The molecule has 0 spiro atoms. The Hall–Kier alpha value is -3.09. The van der Waals surface area contributed by atoms with Crippen molar-refractivity contribution >= 4 is 28.7 Å². The van der Waals surface area contributed by atoms with Crippen LogP contribution < -0.4 is 15.4 Å². The van der Waals surface area contributed by atoms with Crippen molar-refractivity contribution < 1.29 is 23.9 Å². The van der Waals surface area contributed by atoms with Crippen molar-refractivity contribution in [1.29, 1.82) is 0 Å². The Morgan fingerprint density at radius 2 is 1.71 bits per heavy atom. The molecule has 28 heavy (non-hydrogen) atoms. The number of ether oxygens (including phenoxy) is 2. The lowest BCUT2D eigenvalue weighted by atomic mass is 9.98. The van der Waals surface area contributed by atoms with Crippen LogP contribution in [0.3, 0.4) is 0 Å². The number of hydrogen-bond acceptors (Lipinski definition) is 5. The summed E-state index contributed by atoms with van der Waals surface area (Å²) in [5.41, 5.74) is 0.776. The van der Waals surface area contributed by atoms with Crippen LogP contribution >= 0.6 is 0 Å². The Bertz CT molecular complexity index is 865. The number of rotatable bonds is 7. The average molecular weight is 386 g/mol. The van der Waals surface area contributed by atoms with Crippen molar-refractivity contribution in [3.05, 3.63) is 42.0 Å². The fourth-order valence-corrected chi connectivity index (χ4v) is 2.56. The standard InChI is InChI=1S/C21H26N2O5/c1-5-13(2)22-21(26)23-19(24)12-28-20(25)14(3)15-6-7-17-11-18(27-4)9-8-16(17)10-15/h6-11,13-14H,5,12H2,1-4H3,(H2,22,23,24,26)/t13-,14-/m0/s1. The van der Waals surface area contributed by atoms with Gasteiger partial charge < -0.3 is 14.8 Å². The Morgan fingerprint density at radius 3 is 2.39 bits per heavy atom. The summed E-state index contributed by atoms with van der Waals surface area (Å²) in [5, 5.41) is 6.70. The lowest BCUT2D eigenvalue weighted by Crippen LogP contribution is -2.44. The van der Waals surface area contributed by atoms with E-state index < -0.39 is 30.4 Å². The molecule has 7 heteroatoms. The first-order valence-corrected chi connectivity index (χ1v) is 9.18. The molecule has 0 aliphatic carbocycles. The fourth-order valence-electron chi connectivity index (χ4n) is 2.56. The van der Waals surface area contributed by atoms with Gasteiger partial charge in [0.15, 0.2) is 6.61 Å². The fraction of sp³-hybridized carbons (Fsp3) is 0.381. The Labute approximate surface area is 164 Å². The number of amides is 3. The van der Waals surface area contributed by atoms with Gasteiger partial charge in [0.2, 0.25) is 0 Å². The lowest BCUT2D eigenvalue weighted by Gasteiger charge is -2.14. The molecule has 2 N–H and O–H groups in total. The first-order valence-electron chi connectivity index (χ1n) is 9.18. The van der Waals surface area contributed by atoms with Crippen LogP contribution in [-0.4, -0.2) is 37.7 Å². The first-order chi connectivity index (χ1) is 13.3. The van der Waals surface area contributed by atoms with Gasteiger partial charge in [-0.15, -0.1) is 0 Å². The maximum Gasteiger partial charge on any atom is 0.321 e. The summed E-state index contributed by atoms with van der Waals surface area (Å²) in [6.45, 7) is 4.94. The second kappa shape index (κ2) is 9.73. The zero-order valence-electron chi connectivity index (χ0n) is 16.6. The number of carbonyl (C=O) groups excluding carboxylic acids is 3. The van der Waals surface area contributed by atoms with Crippen molar-refractivity contribution in [2.75, 3.05) is 13.7 Å². The molecule has 3 amide bonds. The number of hydrogen-bond donors (Lipinski definition) is 2. The number of fused-ring (bicyclic) bond motifs is 1. The summed E-state index contributed by atoms with van der Waals surface area (Å²) >= 11 is 0. The van der Waals surface area contributed by atoms with Crippen LogP contribution in [-0.2, 0) is 14.3 Å². The second-order valence-electron chi connectivity index (χ2n) is 6.63. The van der Waals surface area contributed by atoms with Gasteiger partial charge in [0.1, 0.15) is 5.75 Å². The molecule has 2 rings (SSSR count). The highest BCUT2D eigenvalue weighted by atomic mass is 16.5. The quantitative estimate of drug-likeness (QED) is 0.713. The van der Waals surface area contributed by atoms with E-state index in [2.05, 4.69) is 10.6 Å². The highest BCUT2D eigenvalue weighted by Crippen LogP contribution is 2.25. The van der Waals surface area contributed by atoms with Crippen LogP contribution in [0.5, 0.6) is 5.75 Å². The number of nitrogens with one attached hydrogen (secondary N) is 2.